The SMILES string of the molecule is COCC[C@H]1CCNC[C@@H]1C. The van der Waals surface area contributed by atoms with E-state index in [-0.39, 0.29) is 0 Å². The van der Waals surface area contributed by atoms with Crippen LogP contribution in [-0.2, 0) is 4.74 Å². The third kappa shape index (κ3) is 2.80. The Kier molecular flexibility index (Phi) is 3.87. The fraction of sp³-hybridized carbons (Fsp3) is 1.00. The first-order valence-corrected chi connectivity index (χ1v) is 4.54. The molecule has 1 aliphatic rings. The fourth-order valence-electron chi connectivity index (χ4n) is 1.77. The standard InChI is InChI=1S/C9H19NO/c1-8-7-10-5-3-9(8)4-6-11-2/h8-10H,3-7H2,1-2H3/t8-,9+/m0/s1. The molecule has 1 heterocycles. The highest BCUT2D eigenvalue weighted by atomic mass is 16.5. The quantitative estimate of drug-likeness (QED) is 0.666. The largest absolute Gasteiger partial charge is 0.385 e. The van der Waals surface area contributed by atoms with Crippen molar-refractivity contribution in [1.82, 2.24) is 5.32 Å². The van der Waals surface area contributed by atoms with Gasteiger partial charge in [-0.05, 0) is 37.8 Å². The molecule has 0 aliphatic carbocycles. The number of rotatable bonds is 3. The van der Waals surface area contributed by atoms with Crippen LogP contribution in [0, 0.1) is 11.8 Å². The van der Waals surface area contributed by atoms with Gasteiger partial charge in [0.2, 0.25) is 0 Å². The molecular formula is C9H19NO. The zero-order valence-electron chi connectivity index (χ0n) is 7.60. The van der Waals surface area contributed by atoms with Crippen LogP contribution in [0.5, 0.6) is 0 Å². The van der Waals surface area contributed by atoms with Gasteiger partial charge in [-0.25, -0.2) is 0 Å². The van der Waals surface area contributed by atoms with E-state index in [1.54, 1.807) is 7.11 Å². The predicted octanol–water partition coefficient (Wildman–Crippen LogP) is 1.27. The third-order valence-corrected chi connectivity index (χ3v) is 2.66. The molecule has 0 saturated carbocycles. The lowest BCUT2D eigenvalue weighted by Gasteiger charge is -2.29. The molecule has 0 spiro atoms. The number of nitrogens with one attached hydrogen (secondary N) is 1. The molecule has 0 aromatic rings. The van der Waals surface area contributed by atoms with Crippen molar-refractivity contribution in [2.24, 2.45) is 11.8 Å². The minimum Gasteiger partial charge on any atom is -0.385 e. The van der Waals surface area contributed by atoms with E-state index in [1.807, 2.05) is 0 Å². The number of hydrogen-bond donors (Lipinski definition) is 1. The molecule has 2 heteroatoms. The van der Waals surface area contributed by atoms with E-state index in [4.69, 9.17) is 4.74 Å². The lowest BCUT2D eigenvalue weighted by molar-refractivity contribution is 0.149. The summed E-state index contributed by atoms with van der Waals surface area (Å²) in [5, 5.41) is 3.40. The smallest absolute Gasteiger partial charge is 0.0465 e. The van der Waals surface area contributed by atoms with Gasteiger partial charge in [-0.3, -0.25) is 0 Å². The molecular weight excluding hydrogens is 138 g/mol. The minimum atomic E-state index is 0.832. The van der Waals surface area contributed by atoms with Gasteiger partial charge >= 0.3 is 0 Å². The van der Waals surface area contributed by atoms with Crippen LogP contribution in [0.4, 0.5) is 0 Å². The van der Waals surface area contributed by atoms with E-state index >= 15 is 0 Å². The van der Waals surface area contributed by atoms with Crippen LogP contribution in [0.3, 0.4) is 0 Å². The van der Waals surface area contributed by atoms with Crippen molar-refractivity contribution >= 4 is 0 Å². The highest BCUT2D eigenvalue weighted by molar-refractivity contribution is 4.74. The van der Waals surface area contributed by atoms with E-state index in [9.17, 15) is 0 Å². The van der Waals surface area contributed by atoms with Crippen LogP contribution < -0.4 is 5.32 Å². The van der Waals surface area contributed by atoms with Crippen molar-refractivity contribution in [1.29, 1.82) is 0 Å². The Morgan fingerprint density at radius 2 is 2.36 bits per heavy atom. The predicted molar refractivity (Wildman–Crippen MR) is 46.6 cm³/mol. The molecule has 1 N–H and O–H groups in total. The normalized spacial score (nSPS) is 32.2. The highest BCUT2D eigenvalue weighted by Gasteiger charge is 2.19. The zero-order valence-corrected chi connectivity index (χ0v) is 7.60. The summed E-state index contributed by atoms with van der Waals surface area (Å²) in [5.74, 6) is 1.72. The van der Waals surface area contributed by atoms with E-state index in [2.05, 4.69) is 12.2 Å². The van der Waals surface area contributed by atoms with Crippen molar-refractivity contribution in [2.75, 3.05) is 26.8 Å². The van der Waals surface area contributed by atoms with Gasteiger partial charge in [0.05, 0.1) is 0 Å². The molecule has 66 valence electrons. The summed E-state index contributed by atoms with van der Waals surface area (Å²) < 4.78 is 5.07. The Morgan fingerprint density at radius 3 is 3.00 bits per heavy atom. The molecule has 1 saturated heterocycles. The Hall–Kier alpha value is -0.0800. The summed E-state index contributed by atoms with van der Waals surface area (Å²) in [5.41, 5.74) is 0. The first-order valence-electron chi connectivity index (χ1n) is 4.54. The highest BCUT2D eigenvalue weighted by Crippen LogP contribution is 2.21. The van der Waals surface area contributed by atoms with Crippen LogP contribution in [0.2, 0.25) is 0 Å². The van der Waals surface area contributed by atoms with E-state index in [1.165, 1.54) is 25.9 Å². The van der Waals surface area contributed by atoms with Crippen molar-refractivity contribution in [2.45, 2.75) is 19.8 Å². The van der Waals surface area contributed by atoms with Gasteiger partial charge in [0.1, 0.15) is 0 Å². The maximum atomic E-state index is 5.07. The number of piperidine rings is 1. The van der Waals surface area contributed by atoms with Gasteiger partial charge in [0, 0.05) is 13.7 Å². The van der Waals surface area contributed by atoms with Gasteiger partial charge in [-0.2, -0.15) is 0 Å². The first kappa shape index (κ1) is 9.01. The van der Waals surface area contributed by atoms with E-state index < -0.39 is 0 Å². The Labute approximate surface area is 69.3 Å². The third-order valence-electron chi connectivity index (χ3n) is 2.66. The average molecular weight is 157 g/mol. The fourth-order valence-corrected chi connectivity index (χ4v) is 1.77. The van der Waals surface area contributed by atoms with Gasteiger partial charge in [0.15, 0.2) is 0 Å². The molecule has 1 fully saturated rings. The van der Waals surface area contributed by atoms with Crippen LogP contribution in [0.1, 0.15) is 19.8 Å². The van der Waals surface area contributed by atoms with E-state index in [0.717, 1.165) is 18.4 Å². The second-order valence-corrected chi connectivity index (χ2v) is 3.51. The summed E-state index contributed by atoms with van der Waals surface area (Å²) in [4.78, 5) is 0. The number of methoxy groups -OCH3 is 1. The zero-order chi connectivity index (χ0) is 8.10. The summed E-state index contributed by atoms with van der Waals surface area (Å²) in [6.45, 7) is 5.63. The molecule has 0 bridgehead atoms. The summed E-state index contributed by atoms with van der Waals surface area (Å²) in [7, 11) is 1.78. The number of hydrogen-bond acceptors (Lipinski definition) is 2. The molecule has 0 amide bonds. The topological polar surface area (TPSA) is 21.3 Å². The lowest BCUT2D eigenvalue weighted by Crippen LogP contribution is -2.35. The van der Waals surface area contributed by atoms with Crippen molar-refractivity contribution in [3.05, 3.63) is 0 Å². The Morgan fingerprint density at radius 1 is 1.55 bits per heavy atom. The van der Waals surface area contributed by atoms with Crippen molar-refractivity contribution in [3.63, 3.8) is 0 Å². The molecule has 2 atom stereocenters. The molecule has 2 nitrogen and oxygen atoms in total. The van der Waals surface area contributed by atoms with Crippen LogP contribution in [-0.4, -0.2) is 26.8 Å². The second kappa shape index (κ2) is 4.73. The monoisotopic (exact) mass is 157 g/mol. The maximum Gasteiger partial charge on any atom is 0.0465 e. The van der Waals surface area contributed by atoms with Gasteiger partial charge < -0.3 is 10.1 Å². The second-order valence-electron chi connectivity index (χ2n) is 3.51. The molecule has 1 aliphatic heterocycles. The van der Waals surface area contributed by atoms with Gasteiger partial charge in [0.25, 0.3) is 0 Å². The molecule has 0 aromatic heterocycles. The minimum absolute atomic E-state index is 0.832. The number of ether oxygens (including phenoxy) is 1. The van der Waals surface area contributed by atoms with Gasteiger partial charge in [-0.15, -0.1) is 0 Å². The first-order chi connectivity index (χ1) is 5.34. The van der Waals surface area contributed by atoms with E-state index in [0.29, 0.717) is 0 Å². The van der Waals surface area contributed by atoms with Crippen LogP contribution in [0.25, 0.3) is 0 Å². The van der Waals surface area contributed by atoms with Gasteiger partial charge in [-0.1, -0.05) is 6.92 Å². The van der Waals surface area contributed by atoms with Crippen molar-refractivity contribution in [3.8, 4) is 0 Å². The summed E-state index contributed by atoms with van der Waals surface area (Å²) >= 11 is 0. The average Bonchev–Trinajstić information content (AvgIpc) is 2.03. The molecule has 0 unspecified atom stereocenters. The molecule has 0 radical (unpaired) electrons. The van der Waals surface area contributed by atoms with Crippen molar-refractivity contribution < 1.29 is 4.74 Å². The molecule has 11 heavy (non-hydrogen) atoms. The summed E-state index contributed by atoms with van der Waals surface area (Å²) in [6, 6.07) is 0. The van der Waals surface area contributed by atoms with Crippen LogP contribution >= 0.6 is 0 Å². The van der Waals surface area contributed by atoms with Crippen LogP contribution in [0.15, 0.2) is 0 Å². The Balaban J connectivity index is 2.18. The molecule has 0 aromatic carbocycles. The maximum absolute atomic E-state index is 5.07. The molecule has 1 rings (SSSR count). The Bertz CT molecular complexity index is 106. The summed E-state index contributed by atoms with van der Waals surface area (Å²) in [6.07, 6.45) is 2.56. The lowest BCUT2D eigenvalue weighted by atomic mass is 9.86.